The summed E-state index contributed by atoms with van der Waals surface area (Å²) in [6, 6.07) is 0. The molecule has 0 aliphatic heterocycles. The normalized spacial score (nSPS) is 66.7. The van der Waals surface area contributed by atoms with Crippen LogP contribution in [0, 0.1) is 35.5 Å². The Morgan fingerprint density at radius 3 is 1.29 bits per heavy atom. The van der Waals surface area contributed by atoms with E-state index in [4.69, 9.17) is 23.2 Å². The second kappa shape index (κ2) is 2.41. The summed E-state index contributed by atoms with van der Waals surface area (Å²) in [4.78, 5) is 0. The van der Waals surface area contributed by atoms with Gasteiger partial charge >= 0.3 is 0 Å². The predicted molar refractivity (Wildman–Crippen MR) is 58.5 cm³/mol. The molecule has 2 heteroatoms. The lowest BCUT2D eigenvalue weighted by Crippen LogP contribution is -2.64. The van der Waals surface area contributed by atoms with Crippen molar-refractivity contribution in [1.82, 2.24) is 0 Å². The van der Waals surface area contributed by atoms with Gasteiger partial charge in [-0.25, -0.2) is 0 Å². The van der Waals surface area contributed by atoms with Crippen LogP contribution < -0.4 is 0 Å². The van der Waals surface area contributed by atoms with Gasteiger partial charge in [-0.3, -0.25) is 0 Å². The molecule has 5 aliphatic carbocycles. The van der Waals surface area contributed by atoms with Crippen molar-refractivity contribution in [3.05, 3.63) is 24.3 Å². The van der Waals surface area contributed by atoms with Gasteiger partial charge in [0.2, 0.25) is 0 Å². The van der Waals surface area contributed by atoms with Gasteiger partial charge in [-0.05, 0) is 35.5 Å². The highest BCUT2D eigenvalue weighted by molar-refractivity contribution is 6.31. The highest BCUT2D eigenvalue weighted by Crippen LogP contribution is 2.64. The predicted octanol–water partition coefficient (Wildman–Crippen LogP) is 3.07. The van der Waals surface area contributed by atoms with Gasteiger partial charge in [-0.1, -0.05) is 24.3 Å². The molecular formula is C12H12Cl2. The van der Waals surface area contributed by atoms with Crippen molar-refractivity contribution in [2.24, 2.45) is 35.5 Å². The zero-order valence-electron chi connectivity index (χ0n) is 7.68. The van der Waals surface area contributed by atoms with Crippen molar-refractivity contribution in [3.63, 3.8) is 0 Å². The van der Waals surface area contributed by atoms with Crippen LogP contribution in [0.2, 0.25) is 0 Å². The van der Waals surface area contributed by atoms with E-state index in [9.17, 15) is 0 Å². The maximum Gasteiger partial charge on any atom is 0.0540 e. The fraction of sp³-hybridized carbons (Fsp3) is 0.667. The lowest BCUT2D eigenvalue weighted by atomic mass is 9.44. The van der Waals surface area contributed by atoms with Crippen molar-refractivity contribution in [3.8, 4) is 0 Å². The van der Waals surface area contributed by atoms with Crippen LogP contribution in [0.3, 0.4) is 0 Å². The molecule has 2 bridgehead atoms. The fourth-order valence-corrected chi connectivity index (χ4v) is 5.07. The summed E-state index contributed by atoms with van der Waals surface area (Å²) in [6.07, 6.45) is 9.53. The Morgan fingerprint density at radius 2 is 0.929 bits per heavy atom. The Hall–Kier alpha value is 0.0600. The van der Waals surface area contributed by atoms with Crippen molar-refractivity contribution in [1.29, 1.82) is 0 Å². The van der Waals surface area contributed by atoms with E-state index in [1.54, 1.807) is 0 Å². The number of rotatable bonds is 0. The van der Waals surface area contributed by atoms with Crippen LogP contribution in [0.1, 0.15) is 0 Å². The summed E-state index contributed by atoms with van der Waals surface area (Å²) >= 11 is 12.6. The SMILES string of the molecule is Cl[C@@H]1[C@H](Cl)[C@@H]2[C@H]3C=C[C@@H]([C@@H]4C=C[C@@H]43)[C@H]12. The summed E-state index contributed by atoms with van der Waals surface area (Å²) in [5, 5.41) is 0.433. The molecule has 0 N–H and O–H groups in total. The van der Waals surface area contributed by atoms with Crippen LogP contribution in [-0.2, 0) is 0 Å². The first kappa shape index (κ1) is 8.24. The standard InChI is InChI=1S/C12H12Cl2/c13-11-9-7-3-4-8(10(9)12(11)14)6-2-1-5(6)7/h1-12H/t5-,6+,7-,8-,9+,10-,11+,12-/m0/s1. The third-order valence-electron chi connectivity index (χ3n) is 4.82. The molecular weight excluding hydrogens is 215 g/mol. The van der Waals surface area contributed by atoms with E-state index < -0.39 is 0 Å². The van der Waals surface area contributed by atoms with Crippen LogP contribution >= 0.6 is 23.2 Å². The smallest absolute Gasteiger partial charge is 0.0540 e. The molecule has 14 heavy (non-hydrogen) atoms. The van der Waals surface area contributed by atoms with Crippen molar-refractivity contribution >= 4 is 23.2 Å². The molecule has 74 valence electrons. The molecule has 0 heterocycles. The fourth-order valence-electron chi connectivity index (χ4n) is 4.06. The van der Waals surface area contributed by atoms with Gasteiger partial charge in [0.25, 0.3) is 0 Å². The van der Waals surface area contributed by atoms with Gasteiger partial charge in [0.1, 0.15) is 0 Å². The van der Waals surface area contributed by atoms with Crippen molar-refractivity contribution in [2.45, 2.75) is 10.8 Å². The molecule has 0 nitrogen and oxygen atoms in total. The van der Waals surface area contributed by atoms with E-state index in [0.29, 0.717) is 23.7 Å². The van der Waals surface area contributed by atoms with E-state index in [2.05, 4.69) is 24.3 Å². The molecule has 0 aromatic rings. The Bertz CT molecular complexity index is 314. The van der Waals surface area contributed by atoms with Crippen LogP contribution in [0.5, 0.6) is 0 Å². The van der Waals surface area contributed by atoms with Crippen LogP contribution in [0.4, 0.5) is 0 Å². The number of alkyl halides is 2. The minimum absolute atomic E-state index is 0.217. The minimum Gasteiger partial charge on any atom is -0.121 e. The lowest BCUT2D eigenvalue weighted by molar-refractivity contribution is -0.0256. The molecule has 2 fully saturated rings. The van der Waals surface area contributed by atoms with Crippen LogP contribution in [0.25, 0.3) is 0 Å². The van der Waals surface area contributed by atoms with Gasteiger partial charge < -0.3 is 0 Å². The maximum absolute atomic E-state index is 6.31. The lowest BCUT2D eigenvalue weighted by Gasteiger charge is -2.64. The van der Waals surface area contributed by atoms with Gasteiger partial charge in [0.15, 0.2) is 0 Å². The summed E-state index contributed by atoms with van der Waals surface area (Å²) in [5.74, 6) is 4.30. The van der Waals surface area contributed by atoms with Gasteiger partial charge in [0, 0.05) is 0 Å². The largest absolute Gasteiger partial charge is 0.121 e. The summed E-state index contributed by atoms with van der Waals surface area (Å²) in [6.45, 7) is 0. The third-order valence-corrected chi connectivity index (χ3v) is 6.07. The maximum atomic E-state index is 6.31. The molecule has 0 radical (unpaired) electrons. The second-order valence-corrected chi connectivity index (χ2v) is 6.13. The third kappa shape index (κ3) is 0.695. The number of hydrogen-bond acceptors (Lipinski definition) is 0. The molecule has 0 spiro atoms. The summed E-state index contributed by atoms with van der Waals surface area (Å²) < 4.78 is 0. The molecule has 2 saturated carbocycles. The van der Waals surface area contributed by atoms with Gasteiger partial charge in [0.05, 0.1) is 10.8 Å². The molecule has 0 aromatic carbocycles. The van der Waals surface area contributed by atoms with Gasteiger partial charge in [-0.2, -0.15) is 0 Å². The Labute approximate surface area is 94.0 Å². The Balaban J connectivity index is 1.80. The highest BCUT2D eigenvalue weighted by Gasteiger charge is 2.63. The van der Waals surface area contributed by atoms with E-state index in [-0.39, 0.29) is 10.8 Å². The summed E-state index contributed by atoms with van der Waals surface area (Å²) in [5.41, 5.74) is 0. The number of halogens is 2. The Morgan fingerprint density at radius 1 is 0.571 bits per heavy atom. The summed E-state index contributed by atoms with van der Waals surface area (Å²) in [7, 11) is 0. The highest BCUT2D eigenvalue weighted by atomic mass is 35.5. The molecule has 0 saturated heterocycles. The van der Waals surface area contributed by atoms with E-state index in [1.807, 2.05) is 0 Å². The number of allylic oxidation sites excluding steroid dienone is 4. The van der Waals surface area contributed by atoms with Crippen LogP contribution in [0.15, 0.2) is 24.3 Å². The first-order valence-corrected chi connectivity index (χ1v) is 6.31. The average molecular weight is 227 g/mol. The molecule has 8 atom stereocenters. The zero-order valence-corrected chi connectivity index (χ0v) is 9.20. The molecule has 0 amide bonds. The molecule has 5 rings (SSSR count). The quantitative estimate of drug-likeness (QED) is 0.440. The van der Waals surface area contributed by atoms with Crippen molar-refractivity contribution < 1.29 is 0 Å². The van der Waals surface area contributed by atoms with E-state index >= 15 is 0 Å². The van der Waals surface area contributed by atoms with E-state index in [0.717, 1.165) is 11.8 Å². The average Bonchev–Trinajstić information content (AvgIpc) is 2.15. The first-order valence-electron chi connectivity index (χ1n) is 5.44. The topological polar surface area (TPSA) is 0 Å². The van der Waals surface area contributed by atoms with E-state index in [1.165, 1.54) is 0 Å². The van der Waals surface area contributed by atoms with Gasteiger partial charge in [-0.15, -0.1) is 23.2 Å². The monoisotopic (exact) mass is 226 g/mol. The van der Waals surface area contributed by atoms with Crippen molar-refractivity contribution in [2.75, 3.05) is 0 Å². The first-order chi connectivity index (χ1) is 6.79. The molecule has 0 aromatic heterocycles. The molecule has 5 aliphatic rings. The zero-order chi connectivity index (χ0) is 9.45. The van der Waals surface area contributed by atoms with Crippen LogP contribution in [-0.4, -0.2) is 10.8 Å². The Kier molecular flexibility index (Phi) is 1.42. The number of hydrogen-bond donors (Lipinski definition) is 0. The molecule has 0 unspecified atom stereocenters. The second-order valence-electron chi connectivity index (χ2n) is 5.12. The minimum atomic E-state index is 0.217.